The van der Waals surface area contributed by atoms with Gasteiger partial charge >= 0.3 is 0 Å². The minimum Gasteiger partial charge on any atom is -0.484 e. The van der Waals surface area contributed by atoms with Crippen molar-refractivity contribution in [3.63, 3.8) is 0 Å². The monoisotopic (exact) mass is 388 g/mol. The quantitative estimate of drug-likeness (QED) is 0.751. The molecule has 0 fully saturated rings. The summed E-state index contributed by atoms with van der Waals surface area (Å²) in [6, 6.07) is 14.1. The van der Waals surface area contributed by atoms with Gasteiger partial charge in [0.2, 0.25) is 5.91 Å². The number of likely N-dealkylation sites (N-methyl/N-ethyl adjacent to an activating group) is 1. The third-order valence-electron chi connectivity index (χ3n) is 4.14. The molecule has 0 aromatic heterocycles. The van der Waals surface area contributed by atoms with Crippen LogP contribution < -0.4 is 10.1 Å². The number of rotatable bonds is 8. The molecule has 0 spiro atoms. The highest BCUT2D eigenvalue weighted by atomic mass is 35.5. The van der Waals surface area contributed by atoms with Gasteiger partial charge in [-0.1, -0.05) is 41.4 Å². The molecule has 2 amide bonds. The number of ether oxygens (including phenoxy) is 1. The molecule has 144 valence electrons. The third-order valence-corrected chi connectivity index (χ3v) is 4.38. The number of carbonyl (C=O) groups is 2. The van der Waals surface area contributed by atoms with Gasteiger partial charge in [0, 0.05) is 18.1 Å². The molecule has 5 nitrogen and oxygen atoms in total. The number of aryl methyl sites for hydroxylation is 1. The molecule has 2 aromatic rings. The fraction of sp³-hybridized carbons (Fsp3) is 0.333. The zero-order chi connectivity index (χ0) is 19.8. The van der Waals surface area contributed by atoms with Gasteiger partial charge in [-0.25, -0.2) is 0 Å². The fourth-order valence-corrected chi connectivity index (χ4v) is 2.81. The summed E-state index contributed by atoms with van der Waals surface area (Å²) >= 11 is 6.05. The Balaban J connectivity index is 2.12. The van der Waals surface area contributed by atoms with E-state index in [1.54, 1.807) is 19.1 Å². The average molecular weight is 389 g/mol. The topological polar surface area (TPSA) is 58.6 Å². The molecule has 0 heterocycles. The molecular formula is C21H25ClN2O3. The molecule has 0 saturated carbocycles. The smallest absolute Gasteiger partial charge is 0.261 e. The predicted octanol–water partition coefficient (Wildman–Crippen LogP) is 3.58. The van der Waals surface area contributed by atoms with E-state index in [0.717, 1.165) is 11.1 Å². The first-order valence-electron chi connectivity index (χ1n) is 8.91. The molecule has 1 atom stereocenters. The summed E-state index contributed by atoms with van der Waals surface area (Å²) in [5, 5.41) is 3.34. The van der Waals surface area contributed by atoms with Gasteiger partial charge < -0.3 is 15.0 Å². The van der Waals surface area contributed by atoms with Crippen molar-refractivity contribution in [3.8, 4) is 5.75 Å². The van der Waals surface area contributed by atoms with Crippen molar-refractivity contribution in [3.05, 3.63) is 64.7 Å². The van der Waals surface area contributed by atoms with Crippen LogP contribution in [0.5, 0.6) is 5.75 Å². The van der Waals surface area contributed by atoms with E-state index in [1.807, 2.05) is 50.2 Å². The zero-order valence-electron chi connectivity index (χ0n) is 15.9. The highest BCUT2D eigenvalue weighted by Crippen LogP contribution is 2.16. The number of hydrogen-bond donors (Lipinski definition) is 1. The van der Waals surface area contributed by atoms with Crippen LogP contribution in [0.2, 0.25) is 5.02 Å². The summed E-state index contributed by atoms with van der Waals surface area (Å²) in [6.45, 7) is 6.16. The van der Waals surface area contributed by atoms with Gasteiger partial charge in [0.15, 0.2) is 6.61 Å². The molecule has 27 heavy (non-hydrogen) atoms. The molecule has 2 rings (SSSR count). The Bertz CT molecular complexity index is 777. The normalized spacial score (nSPS) is 11.6. The largest absolute Gasteiger partial charge is 0.484 e. The second-order valence-corrected chi connectivity index (χ2v) is 6.76. The Labute approximate surface area is 165 Å². The van der Waals surface area contributed by atoms with Gasteiger partial charge in [-0.3, -0.25) is 9.59 Å². The summed E-state index contributed by atoms with van der Waals surface area (Å²) in [7, 11) is 0. The molecule has 0 aliphatic rings. The first kappa shape index (κ1) is 20.8. The Kier molecular flexibility index (Phi) is 7.67. The third kappa shape index (κ3) is 6.29. The van der Waals surface area contributed by atoms with Crippen molar-refractivity contribution >= 4 is 23.4 Å². The number of nitrogens with zero attached hydrogens (tertiary/aromatic N) is 1. The summed E-state index contributed by atoms with van der Waals surface area (Å²) in [5.41, 5.74) is 1.96. The van der Waals surface area contributed by atoms with Crippen LogP contribution in [0.3, 0.4) is 0 Å². The van der Waals surface area contributed by atoms with E-state index in [9.17, 15) is 9.59 Å². The minimum absolute atomic E-state index is 0.145. The summed E-state index contributed by atoms with van der Waals surface area (Å²) in [4.78, 5) is 26.6. The van der Waals surface area contributed by atoms with E-state index in [1.165, 1.54) is 4.90 Å². The lowest BCUT2D eigenvalue weighted by Gasteiger charge is -2.28. The maximum atomic E-state index is 12.8. The minimum atomic E-state index is -0.627. The Morgan fingerprint density at radius 3 is 2.52 bits per heavy atom. The van der Waals surface area contributed by atoms with E-state index in [4.69, 9.17) is 16.3 Å². The van der Waals surface area contributed by atoms with Gasteiger partial charge in [-0.05, 0) is 50.6 Å². The van der Waals surface area contributed by atoms with E-state index in [0.29, 0.717) is 17.3 Å². The van der Waals surface area contributed by atoms with Crippen molar-refractivity contribution in [1.29, 1.82) is 0 Å². The van der Waals surface area contributed by atoms with E-state index < -0.39 is 6.04 Å². The van der Waals surface area contributed by atoms with Crippen molar-refractivity contribution in [1.82, 2.24) is 10.2 Å². The lowest BCUT2D eigenvalue weighted by atomic mass is 10.1. The Morgan fingerprint density at radius 1 is 1.19 bits per heavy atom. The second-order valence-electron chi connectivity index (χ2n) is 6.32. The van der Waals surface area contributed by atoms with Crippen molar-refractivity contribution in [2.24, 2.45) is 0 Å². The lowest BCUT2D eigenvalue weighted by molar-refractivity contribution is -0.142. The average Bonchev–Trinajstić information content (AvgIpc) is 2.65. The number of hydrogen-bond acceptors (Lipinski definition) is 3. The van der Waals surface area contributed by atoms with Crippen LogP contribution in [-0.4, -0.2) is 35.9 Å². The van der Waals surface area contributed by atoms with Gasteiger partial charge in [0.25, 0.3) is 5.91 Å². The van der Waals surface area contributed by atoms with Crippen LogP contribution in [0.4, 0.5) is 0 Å². The molecule has 0 bridgehead atoms. The number of benzene rings is 2. The van der Waals surface area contributed by atoms with Crippen LogP contribution in [0.25, 0.3) is 0 Å². The van der Waals surface area contributed by atoms with E-state index >= 15 is 0 Å². The summed E-state index contributed by atoms with van der Waals surface area (Å²) in [6.07, 6.45) is 0. The SMILES string of the molecule is CCNC(=O)[C@@H](C)N(Cc1cccc(Cl)c1)C(=O)COc1ccc(C)cc1. The van der Waals surface area contributed by atoms with Gasteiger partial charge in [-0.2, -0.15) is 0 Å². The van der Waals surface area contributed by atoms with Crippen LogP contribution in [0.1, 0.15) is 25.0 Å². The fourth-order valence-electron chi connectivity index (χ4n) is 2.60. The molecule has 1 N–H and O–H groups in total. The molecule has 0 unspecified atom stereocenters. The number of carbonyl (C=O) groups excluding carboxylic acids is 2. The van der Waals surface area contributed by atoms with Crippen LogP contribution in [0, 0.1) is 6.92 Å². The van der Waals surface area contributed by atoms with Gasteiger partial charge in [-0.15, -0.1) is 0 Å². The van der Waals surface area contributed by atoms with Gasteiger partial charge in [0.05, 0.1) is 0 Å². The van der Waals surface area contributed by atoms with Crippen molar-refractivity contribution in [2.45, 2.75) is 33.4 Å². The molecule has 2 aromatic carbocycles. The van der Waals surface area contributed by atoms with Crippen LogP contribution in [0.15, 0.2) is 48.5 Å². The molecule has 0 aliphatic carbocycles. The number of amides is 2. The van der Waals surface area contributed by atoms with Crippen LogP contribution in [-0.2, 0) is 16.1 Å². The Hall–Kier alpha value is -2.53. The molecule has 0 aliphatic heterocycles. The van der Waals surface area contributed by atoms with Gasteiger partial charge in [0.1, 0.15) is 11.8 Å². The van der Waals surface area contributed by atoms with Crippen molar-refractivity contribution in [2.75, 3.05) is 13.2 Å². The maximum Gasteiger partial charge on any atom is 0.261 e. The molecule has 6 heteroatoms. The molecule has 0 saturated heterocycles. The maximum absolute atomic E-state index is 12.8. The first-order valence-corrected chi connectivity index (χ1v) is 9.29. The van der Waals surface area contributed by atoms with E-state index in [2.05, 4.69) is 5.32 Å². The standard InChI is InChI=1S/C21H25ClN2O3/c1-4-23-21(26)16(3)24(13-17-6-5-7-18(22)12-17)20(25)14-27-19-10-8-15(2)9-11-19/h5-12,16H,4,13-14H2,1-3H3,(H,23,26)/t16-/m1/s1. The lowest BCUT2D eigenvalue weighted by Crippen LogP contribution is -2.49. The van der Waals surface area contributed by atoms with Crippen LogP contribution >= 0.6 is 11.6 Å². The Morgan fingerprint density at radius 2 is 1.89 bits per heavy atom. The number of nitrogens with one attached hydrogen (secondary N) is 1. The zero-order valence-corrected chi connectivity index (χ0v) is 16.6. The van der Waals surface area contributed by atoms with Crippen molar-refractivity contribution < 1.29 is 14.3 Å². The number of halogens is 1. The predicted molar refractivity (Wildman–Crippen MR) is 107 cm³/mol. The summed E-state index contributed by atoms with van der Waals surface area (Å²) in [5.74, 6) is 0.139. The first-order chi connectivity index (χ1) is 12.9. The highest BCUT2D eigenvalue weighted by Gasteiger charge is 2.26. The summed E-state index contributed by atoms with van der Waals surface area (Å²) < 4.78 is 5.61. The highest BCUT2D eigenvalue weighted by molar-refractivity contribution is 6.30. The van der Waals surface area contributed by atoms with E-state index in [-0.39, 0.29) is 25.0 Å². The molecule has 0 radical (unpaired) electrons. The molecular weight excluding hydrogens is 364 g/mol. The second kappa shape index (κ2) is 9.97.